The smallest absolute Gasteiger partial charge is 0.410 e. The van der Waals surface area contributed by atoms with Gasteiger partial charge in [0.1, 0.15) is 11.4 Å². The van der Waals surface area contributed by atoms with Gasteiger partial charge in [0, 0.05) is 31.8 Å². The Labute approximate surface area is 108 Å². The lowest BCUT2D eigenvalue weighted by Gasteiger charge is -2.33. The fourth-order valence-electron chi connectivity index (χ4n) is 1.89. The number of rotatable bonds is 2. The minimum atomic E-state index is -0.527. The van der Waals surface area contributed by atoms with Crippen LogP contribution in [-0.4, -0.2) is 35.5 Å². The van der Waals surface area contributed by atoms with Crippen molar-refractivity contribution >= 4 is 11.9 Å². The highest BCUT2D eigenvalue weighted by Crippen LogP contribution is 2.20. The molecule has 1 unspecified atom stereocenters. The average molecular weight is 252 g/mol. The Balaban J connectivity index is 2.56. The number of carbonyl (C=O) groups is 2. The van der Waals surface area contributed by atoms with Crippen molar-refractivity contribution in [3.8, 4) is 6.07 Å². The highest BCUT2D eigenvalue weighted by molar-refractivity contribution is 5.84. The van der Waals surface area contributed by atoms with Gasteiger partial charge in [0.25, 0.3) is 0 Å². The maximum absolute atomic E-state index is 11.9. The van der Waals surface area contributed by atoms with E-state index in [0.29, 0.717) is 32.4 Å². The number of ether oxygens (including phenoxy) is 1. The lowest BCUT2D eigenvalue weighted by molar-refractivity contribution is -0.126. The van der Waals surface area contributed by atoms with Gasteiger partial charge < -0.3 is 9.64 Å². The molecule has 18 heavy (non-hydrogen) atoms. The first-order valence-corrected chi connectivity index (χ1v) is 6.21. The third kappa shape index (κ3) is 4.36. The van der Waals surface area contributed by atoms with Gasteiger partial charge in [-0.2, -0.15) is 5.26 Å². The second-order valence-corrected chi connectivity index (χ2v) is 5.54. The molecule has 1 heterocycles. The van der Waals surface area contributed by atoms with Crippen LogP contribution in [0.25, 0.3) is 0 Å². The number of Topliss-reactive ketones (excluding diaryl/α,β-unsaturated/α-hetero) is 1. The van der Waals surface area contributed by atoms with Crippen LogP contribution < -0.4 is 0 Å². The summed E-state index contributed by atoms with van der Waals surface area (Å²) in [5.41, 5.74) is -0.527. The number of nitrogens with zero attached hydrogens (tertiary/aromatic N) is 2. The van der Waals surface area contributed by atoms with Crippen molar-refractivity contribution in [1.29, 1.82) is 5.26 Å². The van der Waals surface area contributed by atoms with E-state index in [2.05, 4.69) is 0 Å². The third-order valence-electron chi connectivity index (χ3n) is 2.78. The Kier molecular flexibility index (Phi) is 4.71. The Morgan fingerprint density at radius 3 is 2.78 bits per heavy atom. The van der Waals surface area contributed by atoms with Gasteiger partial charge in [-0.1, -0.05) is 0 Å². The number of ketones is 1. The highest BCUT2D eigenvalue weighted by Gasteiger charge is 2.31. The van der Waals surface area contributed by atoms with E-state index >= 15 is 0 Å². The number of hydrogen-bond acceptors (Lipinski definition) is 4. The Bertz CT molecular complexity index is 365. The summed E-state index contributed by atoms with van der Waals surface area (Å²) in [4.78, 5) is 25.1. The molecule has 1 atom stereocenters. The summed E-state index contributed by atoms with van der Waals surface area (Å²) in [5.74, 6) is -0.0732. The molecule has 0 aliphatic carbocycles. The first-order chi connectivity index (χ1) is 8.33. The summed E-state index contributed by atoms with van der Waals surface area (Å²) in [5, 5.41) is 8.54. The molecule has 0 bridgehead atoms. The molecule has 0 aromatic carbocycles. The predicted octanol–water partition coefficient (Wildman–Crippen LogP) is 2.12. The van der Waals surface area contributed by atoms with Gasteiger partial charge in [0.15, 0.2) is 0 Å². The molecule has 1 rings (SSSR count). The van der Waals surface area contributed by atoms with E-state index in [-0.39, 0.29) is 17.8 Å². The molecule has 5 nitrogen and oxygen atoms in total. The topological polar surface area (TPSA) is 70.4 Å². The van der Waals surface area contributed by atoms with Crippen LogP contribution in [-0.2, 0) is 9.53 Å². The molecule has 1 fully saturated rings. The number of piperidine rings is 1. The summed E-state index contributed by atoms with van der Waals surface area (Å²) in [6.45, 7) is 6.22. The molecule has 0 radical (unpaired) electrons. The van der Waals surface area contributed by atoms with Gasteiger partial charge in [-0.15, -0.1) is 0 Å². The highest BCUT2D eigenvalue weighted by atomic mass is 16.6. The molecule has 0 N–H and O–H groups in total. The second kappa shape index (κ2) is 5.85. The normalized spacial score (nSPS) is 20.4. The summed E-state index contributed by atoms with van der Waals surface area (Å²) in [6.07, 6.45) is 0.847. The summed E-state index contributed by atoms with van der Waals surface area (Å²) < 4.78 is 5.28. The number of hydrogen-bond donors (Lipinski definition) is 0. The van der Waals surface area contributed by atoms with E-state index in [1.807, 2.05) is 26.8 Å². The molecule has 0 spiro atoms. The van der Waals surface area contributed by atoms with Crippen LogP contribution in [0.3, 0.4) is 0 Å². The van der Waals surface area contributed by atoms with E-state index in [9.17, 15) is 9.59 Å². The average Bonchev–Trinajstić information content (AvgIpc) is 2.25. The summed E-state index contributed by atoms with van der Waals surface area (Å²) in [6, 6.07) is 2.03. The minimum absolute atomic E-state index is 0.144. The fraction of sp³-hybridized carbons (Fsp3) is 0.769. The second-order valence-electron chi connectivity index (χ2n) is 5.54. The Morgan fingerprint density at radius 2 is 2.22 bits per heavy atom. The lowest BCUT2D eigenvalue weighted by atomic mass is 9.92. The van der Waals surface area contributed by atoms with Crippen LogP contribution in [0.4, 0.5) is 4.79 Å². The van der Waals surface area contributed by atoms with Crippen LogP contribution in [0.5, 0.6) is 0 Å². The molecule has 1 saturated heterocycles. The van der Waals surface area contributed by atoms with Crippen LogP contribution in [0, 0.1) is 17.2 Å². The minimum Gasteiger partial charge on any atom is -0.444 e. The van der Waals surface area contributed by atoms with E-state index < -0.39 is 5.60 Å². The Morgan fingerprint density at radius 1 is 1.56 bits per heavy atom. The zero-order chi connectivity index (χ0) is 13.8. The van der Waals surface area contributed by atoms with Crippen molar-refractivity contribution in [2.45, 2.75) is 45.6 Å². The zero-order valence-electron chi connectivity index (χ0n) is 11.2. The van der Waals surface area contributed by atoms with Crippen LogP contribution in [0.2, 0.25) is 0 Å². The maximum atomic E-state index is 11.9. The monoisotopic (exact) mass is 252 g/mol. The number of nitriles is 1. The van der Waals surface area contributed by atoms with E-state index in [4.69, 9.17) is 10.00 Å². The van der Waals surface area contributed by atoms with Crippen LogP contribution in [0.1, 0.15) is 40.0 Å². The molecule has 1 aliphatic heterocycles. The fourth-order valence-corrected chi connectivity index (χ4v) is 1.89. The van der Waals surface area contributed by atoms with Gasteiger partial charge >= 0.3 is 6.09 Å². The standard InChI is InChI=1S/C13H20N2O3/c1-13(2,3)18-12(17)15-8-6-11(16)10(9-15)5-4-7-14/h10H,4-6,8-9H2,1-3H3. The van der Waals surface area contributed by atoms with Crippen molar-refractivity contribution in [3.05, 3.63) is 0 Å². The third-order valence-corrected chi connectivity index (χ3v) is 2.78. The predicted molar refractivity (Wildman–Crippen MR) is 65.8 cm³/mol. The van der Waals surface area contributed by atoms with Crippen molar-refractivity contribution in [3.63, 3.8) is 0 Å². The molecular formula is C13H20N2O3. The van der Waals surface area contributed by atoms with Crippen molar-refractivity contribution < 1.29 is 14.3 Å². The van der Waals surface area contributed by atoms with E-state index in [1.54, 1.807) is 4.90 Å². The van der Waals surface area contributed by atoms with Crippen LogP contribution in [0.15, 0.2) is 0 Å². The summed E-state index contributed by atoms with van der Waals surface area (Å²) >= 11 is 0. The lowest BCUT2D eigenvalue weighted by Crippen LogP contribution is -2.46. The van der Waals surface area contributed by atoms with Gasteiger partial charge in [-0.05, 0) is 27.2 Å². The first kappa shape index (κ1) is 14.5. The summed E-state index contributed by atoms with van der Waals surface area (Å²) in [7, 11) is 0. The van der Waals surface area contributed by atoms with Gasteiger partial charge in [-0.25, -0.2) is 4.79 Å². The van der Waals surface area contributed by atoms with Crippen molar-refractivity contribution in [2.75, 3.05) is 13.1 Å². The van der Waals surface area contributed by atoms with E-state index in [0.717, 1.165) is 0 Å². The molecule has 0 saturated carbocycles. The maximum Gasteiger partial charge on any atom is 0.410 e. The molecule has 1 amide bonds. The number of likely N-dealkylation sites (tertiary alicyclic amines) is 1. The SMILES string of the molecule is CC(C)(C)OC(=O)N1CCC(=O)C(CCC#N)C1. The van der Waals surface area contributed by atoms with Crippen molar-refractivity contribution in [2.24, 2.45) is 5.92 Å². The van der Waals surface area contributed by atoms with E-state index in [1.165, 1.54) is 0 Å². The van der Waals surface area contributed by atoms with Gasteiger partial charge in [0.05, 0.1) is 6.07 Å². The van der Waals surface area contributed by atoms with Crippen LogP contribution >= 0.6 is 0 Å². The molecular weight excluding hydrogens is 232 g/mol. The first-order valence-electron chi connectivity index (χ1n) is 6.21. The van der Waals surface area contributed by atoms with Gasteiger partial charge in [0.2, 0.25) is 0 Å². The Hall–Kier alpha value is -1.57. The molecule has 0 aromatic rings. The zero-order valence-corrected chi connectivity index (χ0v) is 11.2. The molecule has 100 valence electrons. The molecule has 1 aliphatic rings. The largest absolute Gasteiger partial charge is 0.444 e. The number of carbonyl (C=O) groups excluding carboxylic acids is 2. The van der Waals surface area contributed by atoms with Gasteiger partial charge in [-0.3, -0.25) is 4.79 Å². The number of amides is 1. The van der Waals surface area contributed by atoms with Crippen molar-refractivity contribution in [1.82, 2.24) is 4.90 Å². The quantitative estimate of drug-likeness (QED) is 0.754. The molecule has 0 aromatic heterocycles. The molecule has 5 heteroatoms.